The monoisotopic (exact) mass is 358 g/mol. The third-order valence-electron chi connectivity index (χ3n) is 2.13. The van der Waals surface area contributed by atoms with E-state index in [0.717, 1.165) is 12.8 Å². The van der Waals surface area contributed by atoms with Gasteiger partial charge in [0.25, 0.3) is 10.1 Å². The van der Waals surface area contributed by atoms with E-state index in [1.54, 1.807) is 0 Å². The van der Waals surface area contributed by atoms with Crippen molar-refractivity contribution in [2.45, 2.75) is 45.4 Å². The van der Waals surface area contributed by atoms with Gasteiger partial charge in [-0.2, -0.15) is 8.42 Å². The lowest BCUT2D eigenvalue weighted by molar-refractivity contribution is 0.362. The van der Waals surface area contributed by atoms with Gasteiger partial charge in [-0.25, -0.2) is 0 Å². The Morgan fingerprint density at radius 1 is 1.12 bits per heavy atom. The molecule has 0 aromatic carbocycles. The molecular weight excluding hydrogens is 339 g/mol. The smallest absolute Gasteiger partial charge is 0.257 e. The molecule has 0 aromatic rings. The van der Waals surface area contributed by atoms with Crippen LogP contribution in [0, 0.1) is 9.85 Å². The summed E-state index contributed by atoms with van der Waals surface area (Å²) in [6.07, 6.45) is 6.38. The Bertz CT molecular complexity index is 314. The van der Waals surface area contributed by atoms with E-state index in [4.69, 9.17) is 4.18 Å². The van der Waals surface area contributed by atoms with Gasteiger partial charge in [-0.15, -0.1) is 0 Å². The molecule has 5 heteroatoms. The van der Waals surface area contributed by atoms with Crippen LogP contribution < -0.4 is 0 Å². The van der Waals surface area contributed by atoms with Crippen molar-refractivity contribution in [3.05, 3.63) is 0 Å². The molecule has 0 amide bonds. The lowest BCUT2D eigenvalue weighted by Gasteiger charge is -2.02. The lowest BCUT2D eigenvalue weighted by Crippen LogP contribution is -2.10. The molecule has 0 saturated heterocycles. The molecule has 0 aromatic heterocycles. The largest absolute Gasteiger partial charge is 0.268 e. The number of rotatable bonds is 9. The first-order valence-corrected chi connectivity index (χ1v) is 8.23. The van der Waals surface area contributed by atoms with Crippen LogP contribution in [-0.2, 0) is 14.3 Å². The van der Waals surface area contributed by atoms with Crippen LogP contribution in [0.5, 0.6) is 0 Å². The Labute approximate surface area is 113 Å². The lowest BCUT2D eigenvalue weighted by atomic mass is 10.1. The minimum Gasteiger partial charge on any atom is -0.257 e. The first-order chi connectivity index (χ1) is 7.62. The fourth-order valence-electron chi connectivity index (χ4n) is 1.26. The molecule has 0 rings (SSSR count). The maximum Gasteiger partial charge on any atom is 0.268 e. The van der Waals surface area contributed by atoms with Crippen LogP contribution in [0.15, 0.2) is 0 Å². The Morgan fingerprint density at radius 3 is 2.38 bits per heavy atom. The molecule has 94 valence electrons. The predicted molar refractivity (Wildman–Crippen MR) is 74.9 cm³/mol. The average molecular weight is 358 g/mol. The number of hydrogen-bond donors (Lipinski definition) is 0. The van der Waals surface area contributed by atoms with Crippen LogP contribution in [0.25, 0.3) is 0 Å². The highest BCUT2D eigenvalue weighted by atomic mass is 127. The van der Waals surface area contributed by atoms with Crippen LogP contribution in [0.1, 0.15) is 45.4 Å². The Morgan fingerprint density at radius 2 is 1.75 bits per heavy atom. The third kappa shape index (κ3) is 10.7. The predicted octanol–water partition coefficient (Wildman–Crippen LogP) is 3.09. The molecule has 0 atom stereocenters. The molecule has 0 N–H and O–H groups in total. The molecule has 0 fully saturated rings. The highest BCUT2D eigenvalue weighted by Crippen LogP contribution is 2.07. The summed E-state index contributed by atoms with van der Waals surface area (Å²) < 4.78 is 29.9. The second kappa shape index (κ2) is 10.4. The van der Waals surface area contributed by atoms with Gasteiger partial charge in [0.2, 0.25) is 0 Å². The van der Waals surface area contributed by atoms with Gasteiger partial charge in [-0.1, -0.05) is 44.9 Å². The quantitative estimate of drug-likeness (QED) is 0.275. The summed E-state index contributed by atoms with van der Waals surface area (Å²) in [5.74, 6) is 2.67. The van der Waals surface area contributed by atoms with E-state index in [2.05, 4.69) is 16.8 Å². The van der Waals surface area contributed by atoms with Crippen molar-refractivity contribution in [2.24, 2.45) is 0 Å². The first-order valence-electron chi connectivity index (χ1n) is 5.58. The second-order valence-electron chi connectivity index (χ2n) is 3.56. The van der Waals surface area contributed by atoms with Crippen molar-refractivity contribution in [1.29, 1.82) is 0 Å². The SMILES string of the molecule is CCCCCCCCS(=O)(=O)OCC#CI. The molecule has 0 aliphatic heterocycles. The minimum absolute atomic E-state index is 0.0267. The summed E-state index contributed by atoms with van der Waals surface area (Å²) >= 11 is 1.85. The number of halogens is 1. The van der Waals surface area contributed by atoms with Crippen LogP contribution in [0.4, 0.5) is 0 Å². The van der Waals surface area contributed by atoms with E-state index in [1.165, 1.54) is 19.3 Å². The number of unbranched alkanes of at least 4 members (excludes halogenated alkanes) is 5. The number of hydrogen-bond acceptors (Lipinski definition) is 3. The molecule has 0 unspecified atom stereocenters. The molecule has 16 heavy (non-hydrogen) atoms. The second-order valence-corrected chi connectivity index (χ2v) is 5.86. The summed E-state index contributed by atoms with van der Waals surface area (Å²) in [4.78, 5) is 0. The fourth-order valence-corrected chi connectivity index (χ4v) is 2.33. The average Bonchev–Trinajstić information content (AvgIpc) is 2.23. The van der Waals surface area contributed by atoms with E-state index < -0.39 is 10.1 Å². The fraction of sp³-hybridized carbons (Fsp3) is 0.818. The van der Waals surface area contributed by atoms with Crippen LogP contribution in [-0.4, -0.2) is 20.8 Å². The summed E-state index contributed by atoms with van der Waals surface area (Å²) in [6.45, 7) is 2.13. The van der Waals surface area contributed by atoms with Gasteiger partial charge in [0.15, 0.2) is 0 Å². The molecule has 0 saturated carbocycles. The van der Waals surface area contributed by atoms with E-state index >= 15 is 0 Å². The molecule has 0 aliphatic carbocycles. The maximum atomic E-state index is 11.3. The van der Waals surface area contributed by atoms with Crippen LogP contribution in [0.2, 0.25) is 0 Å². The summed E-state index contributed by atoms with van der Waals surface area (Å²) in [5, 5.41) is 0. The van der Waals surface area contributed by atoms with E-state index in [-0.39, 0.29) is 12.4 Å². The van der Waals surface area contributed by atoms with E-state index in [1.807, 2.05) is 22.6 Å². The van der Waals surface area contributed by atoms with Gasteiger partial charge >= 0.3 is 0 Å². The van der Waals surface area contributed by atoms with Gasteiger partial charge in [-0.3, -0.25) is 4.18 Å². The summed E-state index contributed by atoms with van der Waals surface area (Å²) in [7, 11) is -3.35. The van der Waals surface area contributed by atoms with Gasteiger partial charge in [-0.05, 0) is 10.3 Å². The summed E-state index contributed by atoms with van der Waals surface area (Å²) in [5.41, 5.74) is 0. The Kier molecular flexibility index (Phi) is 10.5. The molecule has 0 bridgehead atoms. The topological polar surface area (TPSA) is 43.4 Å². The van der Waals surface area contributed by atoms with Gasteiger partial charge in [0.1, 0.15) is 6.61 Å². The van der Waals surface area contributed by atoms with Crippen LogP contribution >= 0.6 is 22.6 Å². The summed E-state index contributed by atoms with van der Waals surface area (Å²) in [6, 6.07) is 0. The van der Waals surface area contributed by atoms with Crippen molar-refractivity contribution < 1.29 is 12.6 Å². The van der Waals surface area contributed by atoms with Crippen molar-refractivity contribution >= 4 is 32.7 Å². The van der Waals surface area contributed by atoms with Crippen molar-refractivity contribution in [1.82, 2.24) is 0 Å². The van der Waals surface area contributed by atoms with Crippen molar-refractivity contribution in [3.63, 3.8) is 0 Å². The van der Waals surface area contributed by atoms with E-state index in [9.17, 15) is 8.42 Å². The maximum absolute atomic E-state index is 11.3. The zero-order chi connectivity index (χ0) is 12.3. The Balaban J connectivity index is 3.53. The molecular formula is C11H19IO3S. The standard InChI is InChI=1S/C11H19IO3S/c1-2-3-4-5-6-7-11-16(13,14)15-10-8-9-12/h2-7,10-11H2,1H3. The minimum atomic E-state index is -3.35. The molecule has 3 nitrogen and oxygen atoms in total. The van der Waals surface area contributed by atoms with Crippen molar-refractivity contribution in [3.8, 4) is 9.85 Å². The molecule has 0 heterocycles. The van der Waals surface area contributed by atoms with Crippen molar-refractivity contribution in [2.75, 3.05) is 12.4 Å². The van der Waals surface area contributed by atoms with Gasteiger partial charge in [0, 0.05) is 22.6 Å². The van der Waals surface area contributed by atoms with E-state index in [0.29, 0.717) is 6.42 Å². The molecule has 0 spiro atoms. The molecule has 0 radical (unpaired) electrons. The third-order valence-corrected chi connectivity index (χ3v) is 3.77. The zero-order valence-corrected chi connectivity index (χ0v) is 12.6. The van der Waals surface area contributed by atoms with Gasteiger partial charge in [0.05, 0.1) is 5.75 Å². The molecule has 0 aliphatic rings. The van der Waals surface area contributed by atoms with Gasteiger partial charge < -0.3 is 0 Å². The normalized spacial score (nSPS) is 10.9. The highest BCUT2D eigenvalue weighted by Gasteiger charge is 2.09. The highest BCUT2D eigenvalue weighted by molar-refractivity contribution is 14.1. The first kappa shape index (κ1) is 16.2. The van der Waals surface area contributed by atoms with Crippen LogP contribution in [0.3, 0.4) is 0 Å². The Hall–Kier alpha value is 0.200. The zero-order valence-electron chi connectivity index (χ0n) is 9.67.